The highest BCUT2D eigenvalue weighted by molar-refractivity contribution is 9.10. The minimum atomic E-state index is 0.851. The second kappa shape index (κ2) is 6.11. The molecule has 0 aliphatic carbocycles. The molecular weight excluding hydrogens is 230 g/mol. The fourth-order valence-electron chi connectivity index (χ4n) is 1.13. The van der Waals surface area contributed by atoms with Crippen LogP contribution in [0.4, 0.5) is 0 Å². The van der Waals surface area contributed by atoms with E-state index in [9.17, 15) is 0 Å². The second-order valence-electron chi connectivity index (χ2n) is 2.94. The number of unbranched alkanes of at least 4 members (excludes halogenated alkanes) is 1. The van der Waals surface area contributed by atoms with E-state index < -0.39 is 0 Å². The Labute approximate surface area is 87.5 Å². The van der Waals surface area contributed by atoms with Crippen molar-refractivity contribution < 1.29 is 4.74 Å². The average molecular weight is 244 g/mol. The van der Waals surface area contributed by atoms with Crippen molar-refractivity contribution in [2.45, 2.75) is 19.3 Å². The summed E-state index contributed by atoms with van der Waals surface area (Å²) >= 11 is 3.31. The maximum absolute atomic E-state index is 4.98. The zero-order chi connectivity index (χ0) is 9.52. The quantitative estimate of drug-likeness (QED) is 0.587. The van der Waals surface area contributed by atoms with Gasteiger partial charge >= 0.3 is 0 Å². The van der Waals surface area contributed by atoms with E-state index in [4.69, 9.17) is 4.74 Å². The summed E-state index contributed by atoms with van der Waals surface area (Å²) in [5, 5.41) is 0. The molecule has 72 valence electrons. The number of nitrogens with zero attached hydrogens (tertiary/aromatic N) is 1. The maximum atomic E-state index is 4.98. The first-order valence-electron chi connectivity index (χ1n) is 4.42. The standard InChI is InChI=1S/C10H14BrNO/c1-13-7-3-2-4-9-5-6-10(11)12-8-9/h5-6,8H,2-4,7H2,1H3. The van der Waals surface area contributed by atoms with Gasteiger partial charge in [-0.3, -0.25) is 0 Å². The van der Waals surface area contributed by atoms with E-state index in [2.05, 4.69) is 27.0 Å². The Kier molecular flexibility index (Phi) is 5.01. The molecule has 1 rings (SSSR count). The van der Waals surface area contributed by atoms with Crippen molar-refractivity contribution in [3.05, 3.63) is 28.5 Å². The summed E-state index contributed by atoms with van der Waals surface area (Å²) in [6.45, 7) is 0.851. The molecule has 0 spiro atoms. The molecule has 1 aromatic rings. The molecular formula is C10H14BrNO. The van der Waals surface area contributed by atoms with Crippen LogP contribution in [0.15, 0.2) is 22.9 Å². The summed E-state index contributed by atoms with van der Waals surface area (Å²) in [5.41, 5.74) is 1.29. The molecule has 0 N–H and O–H groups in total. The third-order valence-corrected chi connectivity index (χ3v) is 2.32. The minimum absolute atomic E-state index is 0.851. The van der Waals surface area contributed by atoms with Crippen molar-refractivity contribution in [3.63, 3.8) is 0 Å². The van der Waals surface area contributed by atoms with Crippen LogP contribution < -0.4 is 0 Å². The van der Waals surface area contributed by atoms with Gasteiger partial charge in [-0.2, -0.15) is 0 Å². The van der Waals surface area contributed by atoms with E-state index in [1.165, 1.54) is 5.56 Å². The molecule has 0 fully saturated rings. The number of ether oxygens (including phenoxy) is 1. The van der Waals surface area contributed by atoms with E-state index in [1.54, 1.807) is 7.11 Å². The Morgan fingerprint density at radius 1 is 1.38 bits per heavy atom. The van der Waals surface area contributed by atoms with Crippen molar-refractivity contribution in [1.82, 2.24) is 4.98 Å². The first-order valence-corrected chi connectivity index (χ1v) is 5.21. The lowest BCUT2D eigenvalue weighted by Gasteiger charge is -2.00. The van der Waals surface area contributed by atoms with E-state index in [-0.39, 0.29) is 0 Å². The smallest absolute Gasteiger partial charge is 0.106 e. The number of aromatic nitrogens is 1. The normalized spacial score (nSPS) is 10.3. The largest absolute Gasteiger partial charge is 0.385 e. The fraction of sp³-hybridized carbons (Fsp3) is 0.500. The Morgan fingerprint density at radius 3 is 2.85 bits per heavy atom. The summed E-state index contributed by atoms with van der Waals surface area (Å²) in [5.74, 6) is 0. The highest BCUT2D eigenvalue weighted by Gasteiger charge is 1.93. The highest BCUT2D eigenvalue weighted by atomic mass is 79.9. The summed E-state index contributed by atoms with van der Waals surface area (Å²) in [6.07, 6.45) is 5.28. The van der Waals surface area contributed by atoms with Gasteiger partial charge in [0.25, 0.3) is 0 Å². The van der Waals surface area contributed by atoms with Crippen LogP contribution in [0.5, 0.6) is 0 Å². The monoisotopic (exact) mass is 243 g/mol. The topological polar surface area (TPSA) is 22.1 Å². The van der Waals surface area contributed by atoms with Crippen LogP contribution in [-0.4, -0.2) is 18.7 Å². The van der Waals surface area contributed by atoms with Crippen molar-refractivity contribution in [2.75, 3.05) is 13.7 Å². The van der Waals surface area contributed by atoms with Crippen molar-refractivity contribution in [2.24, 2.45) is 0 Å². The summed E-state index contributed by atoms with van der Waals surface area (Å²) < 4.78 is 5.87. The predicted molar refractivity (Wildman–Crippen MR) is 56.8 cm³/mol. The van der Waals surface area contributed by atoms with Crippen LogP contribution in [-0.2, 0) is 11.2 Å². The third-order valence-electron chi connectivity index (χ3n) is 1.85. The summed E-state index contributed by atoms with van der Waals surface area (Å²) in [7, 11) is 1.74. The van der Waals surface area contributed by atoms with Gasteiger partial charge in [0.1, 0.15) is 4.60 Å². The van der Waals surface area contributed by atoms with Gasteiger partial charge in [0, 0.05) is 19.9 Å². The lowest BCUT2D eigenvalue weighted by molar-refractivity contribution is 0.193. The van der Waals surface area contributed by atoms with Gasteiger partial charge in [0.05, 0.1) is 0 Å². The van der Waals surface area contributed by atoms with Gasteiger partial charge in [0.2, 0.25) is 0 Å². The third kappa shape index (κ3) is 4.39. The molecule has 0 unspecified atom stereocenters. The molecule has 3 heteroatoms. The zero-order valence-electron chi connectivity index (χ0n) is 7.79. The zero-order valence-corrected chi connectivity index (χ0v) is 9.38. The number of pyridine rings is 1. The van der Waals surface area contributed by atoms with Crippen LogP contribution in [0.2, 0.25) is 0 Å². The van der Waals surface area contributed by atoms with Crippen LogP contribution in [0, 0.1) is 0 Å². The SMILES string of the molecule is COCCCCc1ccc(Br)nc1. The van der Waals surface area contributed by atoms with Gasteiger partial charge < -0.3 is 4.74 Å². The summed E-state index contributed by atoms with van der Waals surface area (Å²) in [4.78, 5) is 4.16. The van der Waals surface area contributed by atoms with Crippen LogP contribution in [0.1, 0.15) is 18.4 Å². The molecule has 1 heterocycles. The average Bonchev–Trinajstić information content (AvgIpc) is 2.15. The number of halogens is 1. The van der Waals surface area contributed by atoms with E-state index in [1.807, 2.05) is 12.3 Å². The molecule has 0 bridgehead atoms. The molecule has 1 aromatic heterocycles. The van der Waals surface area contributed by atoms with Crippen molar-refractivity contribution in [1.29, 1.82) is 0 Å². The number of aryl methyl sites for hydroxylation is 1. The molecule has 13 heavy (non-hydrogen) atoms. The number of methoxy groups -OCH3 is 1. The summed E-state index contributed by atoms with van der Waals surface area (Å²) in [6, 6.07) is 4.08. The fourth-order valence-corrected chi connectivity index (χ4v) is 1.36. The molecule has 0 aliphatic rings. The Hall–Kier alpha value is -0.410. The van der Waals surface area contributed by atoms with Crippen LogP contribution in [0.3, 0.4) is 0 Å². The Balaban J connectivity index is 2.25. The van der Waals surface area contributed by atoms with Gasteiger partial charge in [-0.1, -0.05) is 6.07 Å². The second-order valence-corrected chi connectivity index (χ2v) is 3.75. The number of rotatable bonds is 5. The first kappa shape index (κ1) is 10.7. The Morgan fingerprint density at radius 2 is 2.23 bits per heavy atom. The van der Waals surface area contributed by atoms with Gasteiger partial charge in [-0.05, 0) is 46.8 Å². The lowest BCUT2D eigenvalue weighted by Crippen LogP contribution is -1.91. The number of hydrogen-bond donors (Lipinski definition) is 0. The van der Waals surface area contributed by atoms with E-state index in [0.29, 0.717) is 0 Å². The highest BCUT2D eigenvalue weighted by Crippen LogP contribution is 2.08. The lowest BCUT2D eigenvalue weighted by atomic mass is 10.1. The molecule has 0 amide bonds. The van der Waals surface area contributed by atoms with E-state index in [0.717, 1.165) is 30.5 Å². The minimum Gasteiger partial charge on any atom is -0.385 e. The van der Waals surface area contributed by atoms with E-state index >= 15 is 0 Å². The molecule has 0 saturated heterocycles. The van der Waals surface area contributed by atoms with Gasteiger partial charge in [-0.25, -0.2) is 4.98 Å². The van der Waals surface area contributed by atoms with Crippen molar-refractivity contribution in [3.8, 4) is 0 Å². The molecule has 2 nitrogen and oxygen atoms in total. The Bertz CT molecular complexity index is 235. The first-order chi connectivity index (χ1) is 6.33. The molecule has 0 atom stereocenters. The molecule has 0 radical (unpaired) electrons. The molecule has 0 aromatic carbocycles. The van der Waals surface area contributed by atoms with Crippen LogP contribution in [0.25, 0.3) is 0 Å². The predicted octanol–water partition coefficient (Wildman–Crippen LogP) is 2.81. The maximum Gasteiger partial charge on any atom is 0.106 e. The van der Waals surface area contributed by atoms with Crippen molar-refractivity contribution >= 4 is 15.9 Å². The molecule has 0 saturated carbocycles. The van der Waals surface area contributed by atoms with Gasteiger partial charge in [0.15, 0.2) is 0 Å². The number of hydrogen-bond acceptors (Lipinski definition) is 2. The molecule has 0 aliphatic heterocycles. The van der Waals surface area contributed by atoms with Crippen LogP contribution >= 0.6 is 15.9 Å². The van der Waals surface area contributed by atoms with Gasteiger partial charge in [-0.15, -0.1) is 0 Å².